The van der Waals surface area contributed by atoms with Gasteiger partial charge in [-0.3, -0.25) is 9.59 Å². The highest BCUT2D eigenvalue weighted by Crippen LogP contribution is 2.62. The molecule has 5 atom stereocenters. The number of carbonyl (C=O) groups is 2. The number of fused-ring (bicyclic) bond motifs is 5. The van der Waals surface area contributed by atoms with E-state index in [4.69, 9.17) is 0 Å². The molecule has 0 aliphatic heterocycles. The van der Waals surface area contributed by atoms with Crippen LogP contribution in [0.3, 0.4) is 0 Å². The van der Waals surface area contributed by atoms with Crippen LogP contribution in [0.1, 0.15) is 52.4 Å². The summed E-state index contributed by atoms with van der Waals surface area (Å²) in [6, 6.07) is 0. The van der Waals surface area contributed by atoms with Crippen molar-refractivity contribution in [1.29, 1.82) is 0 Å². The van der Waals surface area contributed by atoms with E-state index < -0.39 is 0 Å². The number of hydrogen-bond acceptors (Lipinski definition) is 2. The second kappa shape index (κ2) is 4.18. The Hall–Kier alpha value is -1.18. The summed E-state index contributed by atoms with van der Waals surface area (Å²) in [5.41, 5.74) is 1.32. The molecule has 0 aromatic heterocycles. The summed E-state index contributed by atoms with van der Waals surface area (Å²) < 4.78 is 0. The van der Waals surface area contributed by atoms with E-state index in [1.54, 1.807) is 0 Å². The topological polar surface area (TPSA) is 34.1 Å². The zero-order chi connectivity index (χ0) is 14.8. The maximum atomic E-state index is 12.3. The highest BCUT2D eigenvalue weighted by molar-refractivity contribution is 5.92. The Balaban J connectivity index is 1.77. The van der Waals surface area contributed by atoms with Gasteiger partial charge < -0.3 is 0 Å². The summed E-state index contributed by atoms with van der Waals surface area (Å²) in [4.78, 5) is 24.1. The van der Waals surface area contributed by atoms with Gasteiger partial charge in [0.15, 0.2) is 5.78 Å². The maximum Gasteiger partial charge on any atom is 0.156 e. The molecule has 2 nitrogen and oxygen atoms in total. The molecule has 0 amide bonds. The van der Waals surface area contributed by atoms with Crippen LogP contribution >= 0.6 is 0 Å². The SMILES string of the molecule is C[C@]12CCC(=O)C=C1C=C[C@@H]1[C@H]2CC[C@]2(C)C(=O)CC[C@@H]12. The number of carbonyl (C=O) groups excluding carboxylic acids is 2. The average Bonchev–Trinajstić information content (AvgIpc) is 2.76. The van der Waals surface area contributed by atoms with Gasteiger partial charge in [-0.1, -0.05) is 26.0 Å². The van der Waals surface area contributed by atoms with Crippen LogP contribution in [0, 0.1) is 28.6 Å². The fourth-order valence-corrected chi connectivity index (χ4v) is 5.77. The molecule has 0 N–H and O–H groups in total. The van der Waals surface area contributed by atoms with Crippen LogP contribution in [-0.2, 0) is 9.59 Å². The van der Waals surface area contributed by atoms with Crippen LogP contribution in [0.15, 0.2) is 23.8 Å². The van der Waals surface area contributed by atoms with Gasteiger partial charge in [0.1, 0.15) is 5.78 Å². The van der Waals surface area contributed by atoms with Gasteiger partial charge in [-0.15, -0.1) is 0 Å². The number of ketones is 2. The molecule has 0 heterocycles. The van der Waals surface area contributed by atoms with Crippen LogP contribution in [0.25, 0.3) is 0 Å². The molecule has 4 aliphatic rings. The predicted octanol–water partition coefficient (Wildman–Crippen LogP) is 3.86. The normalized spacial score (nSPS) is 48.5. The van der Waals surface area contributed by atoms with E-state index in [1.165, 1.54) is 5.57 Å². The van der Waals surface area contributed by atoms with Crippen molar-refractivity contribution in [3.8, 4) is 0 Å². The second-order valence-corrected chi connectivity index (χ2v) is 8.05. The average molecular weight is 284 g/mol. The van der Waals surface area contributed by atoms with Crippen molar-refractivity contribution in [1.82, 2.24) is 0 Å². The largest absolute Gasteiger partial charge is 0.299 e. The summed E-state index contributed by atoms with van der Waals surface area (Å²) in [5.74, 6) is 2.44. The minimum absolute atomic E-state index is 0.0758. The van der Waals surface area contributed by atoms with Gasteiger partial charge in [0.2, 0.25) is 0 Å². The van der Waals surface area contributed by atoms with E-state index in [9.17, 15) is 9.59 Å². The van der Waals surface area contributed by atoms with E-state index in [1.807, 2.05) is 6.08 Å². The molecule has 0 aromatic rings. The van der Waals surface area contributed by atoms with Gasteiger partial charge in [-0.2, -0.15) is 0 Å². The van der Waals surface area contributed by atoms with Gasteiger partial charge in [0.25, 0.3) is 0 Å². The predicted molar refractivity (Wildman–Crippen MR) is 81.6 cm³/mol. The first-order valence-electron chi connectivity index (χ1n) is 8.42. The lowest BCUT2D eigenvalue weighted by atomic mass is 9.49. The number of rotatable bonds is 0. The molecule has 0 saturated heterocycles. The molecule has 112 valence electrons. The molecule has 2 heteroatoms. The van der Waals surface area contributed by atoms with Crippen LogP contribution in [0.5, 0.6) is 0 Å². The van der Waals surface area contributed by atoms with Crippen molar-refractivity contribution in [2.45, 2.75) is 52.4 Å². The molecular formula is C19H24O2. The molecule has 2 fully saturated rings. The van der Waals surface area contributed by atoms with Gasteiger partial charge >= 0.3 is 0 Å². The highest BCUT2D eigenvalue weighted by atomic mass is 16.1. The van der Waals surface area contributed by atoms with Crippen LogP contribution in [0.4, 0.5) is 0 Å². The Morgan fingerprint density at radius 3 is 2.57 bits per heavy atom. The molecule has 21 heavy (non-hydrogen) atoms. The molecule has 4 aliphatic carbocycles. The smallest absolute Gasteiger partial charge is 0.156 e. The fourth-order valence-electron chi connectivity index (χ4n) is 5.77. The van der Waals surface area contributed by atoms with Gasteiger partial charge in [0, 0.05) is 18.3 Å². The third-order valence-electron chi connectivity index (χ3n) is 7.22. The Morgan fingerprint density at radius 2 is 1.76 bits per heavy atom. The summed E-state index contributed by atoms with van der Waals surface area (Å²) in [6.07, 6.45) is 12.1. The van der Waals surface area contributed by atoms with Crippen molar-refractivity contribution in [2.75, 3.05) is 0 Å². The van der Waals surface area contributed by atoms with Crippen molar-refractivity contribution in [3.63, 3.8) is 0 Å². The van der Waals surface area contributed by atoms with Gasteiger partial charge in [-0.05, 0) is 60.5 Å². The van der Waals surface area contributed by atoms with E-state index in [2.05, 4.69) is 26.0 Å². The van der Waals surface area contributed by atoms with E-state index in [-0.39, 0.29) is 16.6 Å². The lowest BCUT2D eigenvalue weighted by Gasteiger charge is -2.54. The summed E-state index contributed by atoms with van der Waals surface area (Å²) in [5, 5.41) is 0. The maximum absolute atomic E-state index is 12.3. The summed E-state index contributed by atoms with van der Waals surface area (Å²) in [7, 11) is 0. The quantitative estimate of drug-likeness (QED) is 0.677. The van der Waals surface area contributed by atoms with E-state index in [0.717, 1.165) is 32.1 Å². The summed E-state index contributed by atoms with van der Waals surface area (Å²) in [6.45, 7) is 4.56. The first kappa shape index (κ1) is 13.5. The Labute approximate surface area is 126 Å². The van der Waals surface area contributed by atoms with Crippen LogP contribution in [0.2, 0.25) is 0 Å². The Morgan fingerprint density at radius 1 is 1.00 bits per heavy atom. The minimum Gasteiger partial charge on any atom is -0.299 e. The highest BCUT2D eigenvalue weighted by Gasteiger charge is 2.57. The van der Waals surface area contributed by atoms with Crippen LogP contribution < -0.4 is 0 Å². The third-order valence-corrected chi connectivity index (χ3v) is 7.22. The Kier molecular flexibility index (Phi) is 2.68. The monoisotopic (exact) mass is 284 g/mol. The molecular weight excluding hydrogens is 260 g/mol. The molecule has 0 spiro atoms. The van der Waals surface area contributed by atoms with Crippen LogP contribution in [-0.4, -0.2) is 11.6 Å². The number of allylic oxidation sites excluding steroid dienone is 4. The zero-order valence-corrected chi connectivity index (χ0v) is 13.0. The lowest BCUT2D eigenvalue weighted by Crippen LogP contribution is -2.49. The summed E-state index contributed by atoms with van der Waals surface area (Å²) >= 11 is 0. The first-order chi connectivity index (χ1) is 9.95. The van der Waals surface area contributed by atoms with Gasteiger partial charge in [0.05, 0.1) is 0 Å². The first-order valence-corrected chi connectivity index (χ1v) is 8.42. The minimum atomic E-state index is -0.0758. The van der Waals surface area contributed by atoms with Crippen molar-refractivity contribution < 1.29 is 9.59 Å². The van der Waals surface area contributed by atoms with Gasteiger partial charge in [-0.25, -0.2) is 0 Å². The fraction of sp³-hybridized carbons (Fsp3) is 0.684. The molecule has 0 unspecified atom stereocenters. The lowest BCUT2D eigenvalue weighted by molar-refractivity contribution is -0.130. The second-order valence-electron chi connectivity index (χ2n) is 8.05. The molecule has 4 rings (SSSR count). The molecule has 2 saturated carbocycles. The number of hydrogen-bond donors (Lipinski definition) is 0. The number of Topliss-reactive ketones (excluding diaryl/α,β-unsaturated/α-hetero) is 1. The molecule has 0 bridgehead atoms. The van der Waals surface area contributed by atoms with Crippen molar-refractivity contribution in [2.24, 2.45) is 28.6 Å². The van der Waals surface area contributed by atoms with Crippen molar-refractivity contribution >= 4 is 11.6 Å². The van der Waals surface area contributed by atoms with E-state index in [0.29, 0.717) is 30.0 Å². The zero-order valence-electron chi connectivity index (χ0n) is 13.0. The Bertz CT molecular complexity index is 584. The van der Waals surface area contributed by atoms with E-state index >= 15 is 0 Å². The standard InChI is InChI=1S/C19H24O2/c1-18-9-7-13(20)11-12(18)3-4-14-15-5-6-17(21)19(15,2)10-8-16(14)18/h3-4,11,14-16H,5-10H2,1-2H3/t14-,15-,16+,18-,19-/m0/s1. The molecule has 0 aromatic carbocycles. The third kappa shape index (κ3) is 1.65. The molecule has 0 radical (unpaired) electrons. The van der Waals surface area contributed by atoms with Crippen molar-refractivity contribution in [3.05, 3.63) is 23.8 Å².